The smallest absolute Gasteiger partial charge is 0.318 e. The van der Waals surface area contributed by atoms with E-state index in [1.807, 2.05) is 13.8 Å². The lowest BCUT2D eigenvalue weighted by Gasteiger charge is -2.37. The van der Waals surface area contributed by atoms with Crippen LogP contribution >= 0.6 is 0 Å². The number of carbonyl (C=O) groups is 1. The zero-order valence-corrected chi connectivity index (χ0v) is 14.9. The molecular weight excluding hydrogens is 299 g/mol. The van der Waals surface area contributed by atoms with Crippen LogP contribution in [0, 0.1) is 17.8 Å². The average molecular weight is 332 g/mol. The van der Waals surface area contributed by atoms with Gasteiger partial charge in [0.25, 0.3) is 0 Å². The van der Waals surface area contributed by atoms with Gasteiger partial charge in [0.2, 0.25) is 0 Å². The van der Waals surface area contributed by atoms with Crippen LogP contribution in [0.1, 0.15) is 65.7 Å². The highest BCUT2D eigenvalue weighted by Crippen LogP contribution is 2.36. The quantitative estimate of drug-likeness (QED) is 0.673. The lowest BCUT2D eigenvalue weighted by atomic mass is 9.75. The number of esters is 1. The summed E-state index contributed by atoms with van der Waals surface area (Å²) in [6.07, 6.45) is 7.48. The number of halogens is 1. The van der Waals surface area contributed by atoms with Crippen molar-refractivity contribution < 1.29 is 23.4 Å². The summed E-state index contributed by atoms with van der Waals surface area (Å²) in [5.74, 6) is 1.33. The highest BCUT2D eigenvalue weighted by molar-refractivity contribution is 5.69. The van der Waals surface area contributed by atoms with E-state index >= 15 is 0 Å². The normalized spacial score (nSPS) is 31.0. The number of hydrogen-bond donors (Lipinski definition) is 0. The van der Waals surface area contributed by atoms with Gasteiger partial charge in [-0.3, -0.25) is 9.18 Å². The zero-order valence-electron chi connectivity index (χ0n) is 14.9. The van der Waals surface area contributed by atoms with Gasteiger partial charge < -0.3 is 14.2 Å². The zero-order chi connectivity index (χ0) is 17.1. The van der Waals surface area contributed by atoms with Crippen LogP contribution in [0.2, 0.25) is 0 Å². The standard InChI is InChI=1S/C16H27FO4.C2H6/c1-2-3-12-4-6-13(7-5-12)14-10-19-16(20-11-14)21-15(18)8-9-17;1-2/h12-14,16H,2-11H2,1H3;1-2H3. The van der Waals surface area contributed by atoms with Crippen LogP contribution in [-0.2, 0) is 19.0 Å². The number of ether oxygens (including phenoxy) is 3. The lowest BCUT2D eigenvalue weighted by Crippen LogP contribution is -2.39. The van der Waals surface area contributed by atoms with Crippen molar-refractivity contribution in [3.63, 3.8) is 0 Å². The summed E-state index contributed by atoms with van der Waals surface area (Å²) in [6.45, 7) is 5.72. The first-order chi connectivity index (χ1) is 11.2. The van der Waals surface area contributed by atoms with E-state index in [2.05, 4.69) is 6.92 Å². The Hall–Kier alpha value is -0.680. The summed E-state index contributed by atoms with van der Waals surface area (Å²) in [6, 6.07) is 0. The van der Waals surface area contributed by atoms with Gasteiger partial charge in [0, 0.05) is 5.92 Å². The van der Waals surface area contributed by atoms with E-state index in [9.17, 15) is 9.18 Å². The number of carbonyl (C=O) groups excluding carboxylic acids is 1. The Labute approximate surface area is 140 Å². The first-order valence-corrected chi connectivity index (χ1v) is 9.21. The van der Waals surface area contributed by atoms with Gasteiger partial charge in [-0.05, 0) is 24.7 Å². The topological polar surface area (TPSA) is 44.8 Å². The molecule has 4 nitrogen and oxygen atoms in total. The first kappa shape index (κ1) is 20.4. The monoisotopic (exact) mass is 332 g/mol. The van der Waals surface area contributed by atoms with Crippen molar-refractivity contribution in [3.05, 3.63) is 0 Å². The van der Waals surface area contributed by atoms with Crippen molar-refractivity contribution in [1.29, 1.82) is 0 Å². The SMILES string of the molecule is CC.CCCC1CCC(C2COC(OC(=O)CCF)OC2)CC1. The second kappa shape index (κ2) is 11.8. The third-order valence-corrected chi connectivity index (χ3v) is 4.67. The molecular formula is C18H33FO4. The Morgan fingerprint density at radius 3 is 2.22 bits per heavy atom. The van der Waals surface area contributed by atoms with Crippen molar-refractivity contribution >= 4 is 5.97 Å². The highest BCUT2D eigenvalue weighted by atomic mass is 19.1. The fraction of sp³-hybridized carbons (Fsp3) is 0.944. The van der Waals surface area contributed by atoms with E-state index < -0.39 is 19.1 Å². The van der Waals surface area contributed by atoms with Gasteiger partial charge in [-0.2, -0.15) is 0 Å². The molecule has 136 valence electrons. The van der Waals surface area contributed by atoms with Crippen molar-refractivity contribution in [3.8, 4) is 0 Å². The molecule has 0 unspecified atom stereocenters. The second-order valence-corrected chi connectivity index (χ2v) is 6.21. The average Bonchev–Trinajstić information content (AvgIpc) is 2.59. The molecule has 0 atom stereocenters. The van der Waals surface area contributed by atoms with Crippen LogP contribution in [0.15, 0.2) is 0 Å². The number of rotatable bonds is 6. The minimum atomic E-state index is -0.947. The van der Waals surface area contributed by atoms with Crippen LogP contribution in [-0.4, -0.2) is 32.3 Å². The summed E-state index contributed by atoms with van der Waals surface area (Å²) in [5, 5.41) is 0. The molecule has 0 amide bonds. The second-order valence-electron chi connectivity index (χ2n) is 6.21. The fourth-order valence-corrected chi connectivity index (χ4v) is 3.44. The maximum Gasteiger partial charge on any atom is 0.318 e. The van der Waals surface area contributed by atoms with Gasteiger partial charge in [0.05, 0.1) is 26.3 Å². The predicted molar refractivity (Wildman–Crippen MR) is 87.6 cm³/mol. The van der Waals surface area contributed by atoms with Gasteiger partial charge in [0.15, 0.2) is 0 Å². The van der Waals surface area contributed by atoms with Gasteiger partial charge in [-0.1, -0.05) is 46.5 Å². The van der Waals surface area contributed by atoms with Crippen LogP contribution < -0.4 is 0 Å². The van der Waals surface area contributed by atoms with Gasteiger partial charge >= 0.3 is 12.4 Å². The van der Waals surface area contributed by atoms with Gasteiger partial charge in [-0.15, -0.1) is 0 Å². The molecule has 0 N–H and O–H groups in total. The van der Waals surface area contributed by atoms with E-state index in [1.54, 1.807) is 0 Å². The Bertz CT molecular complexity index is 308. The van der Waals surface area contributed by atoms with Crippen molar-refractivity contribution in [2.24, 2.45) is 17.8 Å². The van der Waals surface area contributed by atoms with Crippen molar-refractivity contribution in [1.82, 2.24) is 0 Å². The summed E-state index contributed by atoms with van der Waals surface area (Å²) >= 11 is 0. The summed E-state index contributed by atoms with van der Waals surface area (Å²) in [5.41, 5.74) is 0. The van der Waals surface area contributed by atoms with E-state index in [1.165, 1.54) is 38.5 Å². The fourth-order valence-electron chi connectivity index (χ4n) is 3.44. The van der Waals surface area contributed by atoms with E-state index in [-0.39, 0.29) is 6.42 Å². The predicted octanol–water partition coefficient (Wildman–Crippen LogP) is 4.47. The van der Waals surface area contributed by atoms with E-state index in [4.69, 9.17) is 14.2 Å². The molecule has 1 heterocycles. The highest BCUT2D eigenvalue weighted by Gasteiger charge is 2.32. The van der Waals surface area contributed by atoms with Crippen LogP contribution in [0.3, 0.4) is 0 Å². The third-order valence-electron chi connectivity index (χ3n) is 4.67. The first-order valence-electron chi connectivity index (χ1n) is 9.21. The molecule has 2 fully saturated rings. The Morgan fingerprint density at radius 2 is 1.70 bits per heavy atom. The van der Waals surface area contributed by atoms with Crippen LogP contribution in [0.25, 0.3) is 0 Å². The van der Waals surface area contributed by atoms with Crippen LogP contribution in [0.4, 0.5) is 4.39 Å². The molecule has 2 aliphatic rings. The Kier molecular flexibility index (Phi) is 10.4. The molecule has 5 heteroatoms. The maximum atomic E-state index is 12.0. The van der Waals surface area contributed by atoms with Gasteiger partial charge in [-0.25, -0.2) is 0 Å². The lowest BCUT2D eigenvalue weighted by molar-refractivity contribution is -0.313. The molecule has 2 rings (SSSR count). The molecule has 1 aliphatic carbocycles. The molecule has 0 bridgehead atoms. The molecule has 0 radical (unpaired) electrons. The maximum absolute atomic E-state index is 12.0. The third kappa shape index (κ3) is 7.17. The molecule has 1 aliphatic heterocycles. The number of hydrogen-bond acceptors (Lipinski definition) is 4. The Morgan fingerprint density at radius 1 is 1.09 bits per heavy atom. The van der Waals surface area contributed by atoms with E-state index in [0.29, 0.717) is 25.0 Å². The molecule has 0 aromatic carbocycles. The minimum Gasteiger partial charge on any atom is -0.410 e. The molecule has 0 aromatic rings. The van der Waals surface area contributed by atoms with Crippen molar-refractivity contribution in [2.75, 3.05) is 19.9 Å². The number of alkyl halides is 1. The summed E-state index contributed by atoms with van der Waals surface area (Å²) in [4.78, 5) is 11.2. The van der Waals surface area contributed by atoms with E-state index in [0.717, 1.165) is 5.92 Å². The van der Waals surface area contributed by atoms with Gasteiger partial charge in [0.1, 0.15) is 0 Å². The Balaban J connectivity index is 0.00000127. The minimum absolute atomic E-state index is 0.242. The summed E-state index contributed by atoms with van der Waals surface area (Å²) < 4.78 is 27.8. The van der Waals surface area contributed by atoms with Crippen molar-refractivity contribution in [2.45, 2.75) is 72.2 Å². The molecule has 1 saturated heterocycles. The molecule has 0 spiro atoms. The summed E-state index contributed by atoms with van der Waals surface area (Å²) in [7, 11) is 0. The largest absolute Gasteiger partial charge is 0.410 e. The van der Waals surface area contributed by atoms with Crippen LogP contribution in [0.5, 0.6) is 0 Å². The molecule has 1 saturated carbocycles. The molecule has 23 heavy (non-hydrogen) atoms. The molecule has 0 aromatic heterocycles.